The van der Waals surface area contributed by atoms with Crippen LogP contribution in [0.3, 0.4) is 0 Å². The zero-order valence-corrected chi connectivity index (χ0v) is 19.3. The van der Waals surface area contributed by atoms with Crippen LogP contribution in [0.15, 0.2) is 28.8 Å². The molecule has 9 nitrogen and oxygen atoms in total. The van der Waals surface area contributed by atoms with Crippen LogP contribution in [0.5, 0.6) is 0 Å². The van der Waals surface area contributed by atoms with Crippen LogP contribution in [0, 0.1) is 17.0 Å². The van der Waals surface area contributed by atoms with Crippen molar-refractivity contribution >= 4 is 46.4 Å². The van der Waals surface area contributed by atoms with E-state index in [2.05, 4.69) is 11.7 Å². The van der Waals surface area contributed by atoms with Crippen molar-refractivity contribution in [1.29, 1.82) is 0 Å². The first-order valence-corrected chi connectivity index (χ1v) is 10.5. The third kappa shape index (κ3) is 3.98. The maximum atomic E-state index is 16.0. The van der Waals surface area contributed by atoms with Crippen LogP contribution in [0.1, 0.15) is 36.2 Å². The number of carboxylic acids is 1. The molecule has 0 amide bonds. The second-order valence-electron chi connectivity index (χ2n) is 8.67. The summed E-state index contributed by atoms with van der Waals surface area (Å²) in [5.41, 5.74) is 8.90. The van der Waals surface area contributed by atoms with Gasteiger partial charge < -0.3 is 30.9 Å². The number of nitrogens with zero attached hydrogens (tertiary/aromatic N) is 3. The fourth-order valence-corrected chi connectivity index (χ4v) is 4.21. The summed E-state index contributed by atoms with van der Waals surface area (Å²) in [7, 11) is 0. The number of anilines is 2. The Labute approximate surface area is 200 Å². The van der Waals surface area contributed by atoms with Crippen molar-refractivity contribution in [2.45, 2.75) is 25.8 Å². The molecule has 5 N–H and O–H groups in total. The minimum atomic E-state index is -1.49. The van der Waals surface area contributed by atoms with Gasteiger partial charge in [0.2, 0.25) is 5.43 Å². The zero-order chi connectivity index (χ0) is 24.1. The molecule has 1 aromatic heterocycles. The van der Waals surface area contributed by atoms with Crippen molar-refractivity contribution in [3.63, 3.8) is 0 Å². The van der Waals surface area contributed by atoms with E-state index in [-0.39, 0.29) is 50.2 Å². The fourth-order valence-electron chi connectivity index (χ4n) is 4.21. The second-order valence-corrected chi connectivity index (χ2v) is 8.67. The van der Waals surface area contributed by atoms with Crippen molar-refractivity contribution in [1.82, 2.24) is 4.57 Å². The maximum absolute atomic E-state index is 16.0. The molecule has 1 saturated carbocycles. The predicted octanol–water partition coefficient (Wildman–Crippen LogP) is 2.66. The third-order valence-corrected chi connectivity index (χ3v) is 6.25. The summed E-state index contributed by atoms with van der Waals surface area (Å²) in [4.78, 5) is 31.0. The lowest BCUT2D eigenvalue weighted by Gasteiger charge is -2.25. The number of hydrogen-bond donors (Lipinski definition) is 3. The molecule has 12 heteroatoms. The summed E-state index contributed by atoms with van der Waals surface area (Å²) in [5.74, 6) is -3.60. The molecule has 1 atom stereocenters. The molecule has 4 rings (SSSR count). The van der Waals surface area contributed by atoms with Crippen molar-refractivity contribution in [2.24, 2.45) is 16.3 Å². The lowest BCUT2D eigenvalue weighted by Crippen LogP contribution is -2.36. The summed E-state index contributed by atoms with van der Waals surface area (Å²) < 4.78 is 32.8. The topological polar surface area (TPSA) is 136 Å². The van der Waals surface area contributed by atoms with Gasteiger partial charge in [0.05, 0.1) is 28.8 Å². The van der Waals surface area contributed by atoms with Gasteiger partial charge in [-0.3, -0.25) is 4.79 Å². The highest BCUT2D eigenvalue weighted by Gasteiger charge is 2.43. The standard InChI is InChI=1S/C22H25F2N5O4.ClH/c1-3-6-33-27-13-8-28(10-22(13,2)9-25)19-15(23)17(26)14-18(16(19)24)29(11-4-5-11)7-12(20(14)30)21(31)32;/h3,7,11H,1,4-6,8-10,25-26H2,2H3,(H,31,32);1H/b27-13+;. The van der Waals surface area contributed by atoms with Gasteiger partial charge in [0.25, 0.3) is 0 Å². The molecule has 0 spiro atoms. The molecule has 2 aromatic rings. The number of oxime groups is 1. The molecule has 1 unspecified atom stereocenters. The lowest BCUT2D eigenvalue weighted by atomic mass is 9.88. The average molecular weight is 498 g/mol. The molecule has 2 heterocycles. The van der Waals surface area contributed by atoms with Crippen LogP contribution in [0.25, 0.3) is 10.9 Å². The highest BCUT2D eigenvalue weighted by atomic mass is 35.5. The molecular weight excluding hydrogens is 472 g/mol. The SMILES string of the molecule is C=CCO/N=C1\CN(c2c(F)c(N)c3c(=O)c(C(=O)O)cn(C4CC4)c3c2F)CC1(C)CN.Cl. The second kappa shape index (κ2) is 9.22. The number of pyridine rings is 1. The molecule has 1 aromatic carbocycles. The molecule has 0 bridgehead atoms. The summed E-state index contributed by atoms with van der Waals surface area (Å²) >= 11 is 0. The number of hydrogen-bond acceptors (Lipinski definition) is 7. The molecular formula is C22H26ClF2N5O4. The Morgan fingerprint density at radius 2 is 2.09 bits per heavy atom. The van der Waals surface area contributed by atoms with Crippen molar-refractivity contribution < 1.29 is 23.5 Å². The van der Waals surface area contributed by atoms with E-state index in [4.69, 9.17) is 16.3 Å². The maximum Gasteiger partial charge on any atom is 0.341 e. The van der Waals surface area contributed by atoms with E-state index in [1.807, 2.05) is 6.92 Å². The molecule has 0 radical (unpaired) electrons. The van der Waals surface area contributed by atoms with Crippen LogP contribution in [-0.2, 0) is 4.84 Å². The summed E-state index contributed by atoms with van der Waals surface area (Å²) in [6.07, 6.45) is 3.98. The number of aromatic carboxylic acids is 1. The lowest BCUT2D eigenvalue weighted by molar-refractivity contribution is 0.0695. The van der Waals surface area contributed by atoms with E-state index in [0.29, 0.717) is 18.6 Å². The number of benzene rings is 1. The Morgan fingerprint density at radius 3 is 2.65 bits per heavy atom. The van der Waals surface area contributed by atoms with Gasteiger partial charge in [-0.15, -0.1) is 12.4 Å². The van der Waals surface area contributed by atoms with Crippen LogP contribution < -0.4 is 21.8 Å². The van der Waals surface area contributed by atoms with Gasteiger partial charge in [-0.25, -0.2) is 13.6 Å². The molecule has 1 aliphatic heterocycles. The van der Waals surface area contributed by atoms with E-state index < -0.39 is 50.8 Å². The average Bonchev–Trinajstić information content (AvgIpc) is 3.56. The van der Waals surface area contributed by atoms with E-state index in [1.54, 1.807) is 0 Å². The van der Waals surface area contributed by atoms with Gasteiger partial charge >= 0.3 is 5.97 Å². The quantitative estimate of drug-likeness (QED) is 0.231. The molecule has 1 saturated heterocycles. The van der Waals surface area contributed by atoms with E-state index in [0.717, 1.165) is 6.20 Å². The number of aromatic nitrogens is 1. The highest BCUT2D eigenvalue weighted by Crippen LogP contribution is 2.43. The van der Waals surface area contributed by atoms with Gasteiger partial charge in [0.1, 0.15) is 17.9 Å². The fraction of sp³-hybridized carbons (Fsp3) is 0.409. The van der Waals surface area contributed by atoms with Gasteiger partial charge in [0.15, 0.2) is 11.6 Å². The number of rotatable bonds is 7. The first kappa shape index (κ1) is 25.4. The first-order valence-electron chi connectivity index (χ1n) is 10.5. The van der Waals surface area contributed by atoms with Crippen LogP contribution >= 0.6 is 12.4 Å². The normalized spacial score (nSPS) is 21.1. The smallest absolute Gasteiger partial charge is 0.341 e. The van der Waals surface area contributed by atoms with E-state index in [9.17, 15) is 14.7 Å². The van der Waals surface area contributed by atoms with E-state index >= 15 is 8.78 Å². The summed E-state index contributed by atoms with van der Waals surface area (Å²) in [6, 6.07) is -0.198. The largest absolute Gasteiger partial charge is 0.477 e. The van der Waals surface area contributed by atoms with Crippen LogP contribution in [0.2, 0.25) is 0 Å². The predicted molar refractivity (Wildman–Crippen MR) is 128 cm³/mol. The van der Waals surface area contributed by atoms with E-state index in [1.165, 1.54) is 15.5 Å². The monoisotopic (exact) mass is 497 g/mol. The zero-order valence-electron chi connectivity index (χ0n) is 18.5. The summed E-state index contributed by atoms with van der Waals surface area (Å²) in [5, 5.41) is 13.0. The van der Waals surface area contributed by atoms with Crippen LogP contribution in [-0.4, -0.2) is 47.6 Å². The molecule has 2 fully saturated rings. The summed E-state index contributed by atoms with van der Waals surface area (Å²) in [6.45, 7) is 5.84. The van der Waals surface area contributed by atoms with Crippen molar-refractivity contribution in [2.75, 3.05) is 36.9 Å². The molecule has 184 valence electrons. The van der Waals surface area contributed by atoms with Crippen LogP contribution in [0.4, 0.5) is 20.2 Å². The molecule has 2 aliphatic rings. The number of carboxylic acid groups (broad SMARTS) is 1. The Balaban J connectivity index is 0.00000324. The number of fused-ring (bicyclic) bond motifs is 1. The first-order chi connectivity index (χ1) is 15.6. The van der Waals surface area contributed by atoms with Crippen molar-refractivity contribution in [3.05, 3.63) is 46.3 Å². The Morgan fingerprint density at radius 1 is 1.41 bits per heavy atom. The highest BCUT2D eigenvalue weighted by molar-refractivity contribution is 6.02. The number of nitrogen functional groups attached to an aromatic ring is 1. The minimum absolute atomic E-state index is 0. The Kier molecular flexibility index (Phi) is 6.90. The number of carbonyl (C=O) groups is 1. The van der Waals surface area contributed by atoms with Gasteiger partial charge in [-0.1, -0.05) is 24.7 Å². The number of halogens is 3. The van der Waals surface area contributed by atoms with Gasteiger partial charge in [0, 0.05) is 30.7 Å². The molecule has 1 aliphatic carbocycles. The van der Waals surface area contributed by atoms with Gasteiger partial charge in [-0.05, 0) is 12.8 Å². The third-order valence-electron chi connectivity index (χ3n) is 6.25. The Hall–Kier alpha value is -3.18. The van der Waals surface area contributed by atoms with Gasteiger partial charge in [-0.2, -0.15) is 0 Å². The minimum Gasteiger partial charge on any atom is -0.477 e. The molecule has 34 heavy (non-hydrogen) atoms. The van der Waals surface area contributed by atoms with Crippen molar-refractivity contribution in [3.8, 4) is 0 Å². The number of nitrogens with two attached hydrogens (primary N) is 2. The Bertz CT molecular complexity index is 1260.